The summed E-state index contributed by atoms with van der Waals surface area (Å²) in [7, 11) is 0. The van der Waals surface area contributed by atoms with E-state index in [-0.39, 0.29) is 16.6 Å². The lowest BCUT2D eigenvalue weighted by Gasteiger charge is -2.55. The third-order valence-electron chi connectivity index (χ3n) is 7.56. The van der Waals surface area contributed by atoms with E-state index < -0.39 is 6.10 Å². The van der Waals surface area contributed by atoms with E-state index in [4.69, 9.17) is 0 Å². The number of carbonyl (C=O) groups is 2. The first kappa shape index (κ1) is 17.5. The standard InChI is InChI=1S/C21H28O3S/c1-20-7-6-16-14(15(20)3-4-19(20)24)12-18(23)17-11-13(22)5-8-21(16,17)9-10-25-2/h6,11,14-15,18,23H,3-5,7-10,12H2,1-2H3/t14-,15-,18+,20-,21-/m0/s1. The highest BCUT2D eigenvalue weighted by molar-refractivity contribution is 7.98. The van der Waals surface area contributed by atoms with Gasteiger partial charge in [0.15, 0.2) is 5.78 Å². The van der Waals surface area contributed by atoms with Crippen molar-refractivity contribution < 1.29 is 14.7 Å². The lowest BCUT2D eigenvalue weighted by atomic mass is 9.50. The molecule has 3 nitrogen and oxygen atoms in total. The van der Waals surface area contributed by atoms with E-state index in [9.17, 15) is 14.7 Å². The Morgan fingerprint density at radius 2 is 2.08 bits per heavy atom. The van der Waals surface area contributed by atoms with Crippen LogP contribution in [0.2, 0.25) is 0 Å². The molecule has 0 saturated heterocycles. The Morgan fingerprint density at radius 3 is 2.84 bits per heavy atom. The van der Waals surface area contributed by atoms with Crippen LogP contribution in [0.15, 0.2) is 23.3 Å². The number of aliphatic hydroxyl groups excluding tert-OH is 1. The van der Waals surface area contributed by atoms with Crippen LogP contribution in [-0.2, 0) is 9.59 Å². The number of carbonyl (C=O) groups excluding carboxylic acids is 2. The van der Waals surface area contributed by atoms with Gasteiger partial charge in [-0.15, -0.1) is 0 Å². The molecule has 1 N–H and O–H groups in total. The summed E-state index contributed by atoms with van der Waals surface area (Å²) in [6.07, 6.45) is 11.2. The normalized spacial score (nSPS) is 43.1. The molecule has 4 aliphatic carbocycles. The molecule has 25 heavy (non-hydrogen) atoms. The first-order chi connectivity index (χ1) is 11.9. The summed E-state index contributed by atoms with van der Waals surface area (Å²) in [5.41, 5.74) is 2.03. The monoisotopic (exact) mass is 360 g/mol. The molecule has 5 atom stereocenters. The molecule has 2 saturated carbocycles. The molecule has 0 aromatic rings. The number of aliphatic hydroxyl groups is 1. The van der Waals surface area contributed by atoms with Crippen LogP contribution in [0.5, 0.6) is 0 Å². The summed E-state index contributed by atoms with van der Waals surface area (Å²) >= 11 is 1.83. The molecule has 2 fully saturated rings. The second-order valence-electron chi connectivity index (χ2n) is 8.60. The molecule has 4 aliphatic rings. The third-order valence-corrected chi connectivity index (χ3v) is 8.17. The summed E-state index contributed by atoms with van der Waals surface area (Å²) in [6.45, 7) is 2.14. The fraction of sp³-hybridized carbons (Fsp3) is 0.714. The van der Waals surface area contributed by atoms with Gasteiger partial charge in [-0.3, -0.25) is 9.59 Å². The van der Waals surface area contributed by atoms with Crippen molar-refractivity contribution in [3.63, 3.8) is 0 Å². The Balaban J connectivity index is 1.81. The van der Waals surface area contributed by atoms with Crippen LogP contribution in [0, 0.1) is 22.7 Å². The lowest BCUT2D eigenvalue weighted by Crippen LogP contribution is -2.49. The molecule has 136 valence electrons. The van der Waals surface area contributed by atoms with Crippen molar-refractivity contribution in [1.29, 1.82) is 0 Å². The van der Waals surface area contributed by atoms with Gasteiger partial charge in [-0.25, -0.2) is 0 Å². The predicted octanol–water partition coefficient (Wildman–Crippen LogP) is 3.71. The molecule has 0 unspecified atom stereocenters. The zero-order chi connectivity index (χ0) is 17.8. The average molecular weight is 361 g/mol. The minimum absolute atomic E-state index is 0.147. The van der Waals surface area contributed by atoms with Gasteiger partial charge < -0.3 is 5.11 Å². The van der Waals surface area contributed by atoms with Gasteiger partial charge >= 0.3 is 0 Å². The highest BCUT2D eigenvalue weighted by Gasteiger charge is 2.58. The van der Waals surface area contributed by atoms with Crippen molar-refractivity contribution >= 4 is 23.3 Å². The van der Waals surface area contributed by atoms with Crippen LogP contribution in [0.3, 0.4) is 0 Å². The molecule has 0 spiro atoms. The van der Waals surface area contributed by atoms with Crippen LogP contribution < -0.4 is 0 Å². The van der Waals surface area contributed by atoms with Crippen LogP contribution in [0.1, 0.15) is 51.9 Å². The Kier molecular flexibility index (Phi) is 4.27. The lowest BCUT2D eigenvalue weighted by molar-refractivity contribution is -0.127. The molecule has 4 rings (SSSR count). The summed E-state index contributed by atoms with van der Waals surface area (Å²) in [6, 6.07) is 0. The highest BCUT2D eigenvalue weighted by atomic mass is 32.2. The summed E-state index contributed by atoms with van der Waals surface area (Å²) in [5, 5.41) is 11.0. The Morgan fingerprint density at radius 1 is 1.28 bits per heavy atom. The summed E-state index contributed by atoms with van der Waals surface area (Å²) in [4.78, 5) is 24.6. The first-order valence-corrected chi connectivity index (χ1v) is 11.0. The van der Waals surface area contributed by atoms with Crippen molar-refractivity contribution in [2.24, 2.45) is 22.7 Å². The molecule has 4 heteroatoms. The molecular formula is C21H28O3S. The minimum Gasteiger partial charge on any atom is -0.389 e. The van der Waals surface area contributed by atoms with Gasteiger partial charge in [0.05, 0.1) is 6.10 Å². The van der Waals surface area contributed by atoms with Gasteiger partial charge in [0.25, 0.3) is 0 Å². The van der Waals surface area contributed by atoms with Gasteiger partial charge in [-0.05, 0) is 67.6 Å². The van der Waals surface area contributed by atoms with Crippen molar-refractivity contribution in [3.8, 4) is 0 Å². The molecule has 0 heterocycles. The van der Waals surface area contributed by atoms with Crippen LogP contribution in [0.4, 0.5) is 0 Å². The first-order valence-electron chi connectivity index (χ1n) is 9.58. The SMILES string of the molecule is CSCC[C@]12CCC(=O)C=C1[C@H](O)C[C@@H]1C2=CC[C@]2(C)C(=O)CC[C@@H]12. The van der Waals surface area contributed by atoms with Crippen LogP contribution in [0.25, 0.3) is 0 Å². The summed E-state index contributed by atoms with van der Waals surface area (Å²) < 4.78 is 0. The fourth-order valence-corrected chi connectivity index (χ4v) is 6.74. The smallest absolute Gasteiger partial charge is 0.155 e. The molecule has 0 radical (unpaired) electrons. The van der Waals surface area contributed by atoms with Gasteiger partial charge in [-0.2, -0.15) is 11.8 Å². The van der Waals surface area contributed by atoms with Gasteiger partial charge in [-0.1, -0.05) is 18.6 Å². The van der Waals surface area contributed by atoms with Crippen molar-refractivity contribution in [2.75, 3.05) is 12.0 Å². The van der Waals surface area contributed by atoms with Crippen LogP contribution >= 0.6 is 11.8 Å². The van der Waals surface area contributed by atoms with Gasteiger partial charge in [0, 0.05) is 23.7 Å². The molecule has 0 amide bonds. The van der Waals surface area contributed by atoms with Crippen molar-refractivity contribution in [2.45, 2.75) is 58.0 Å². The van der Waals surface area contributed by atoms with E-state index >= 15 is 0 Å². The Hall–Kier alpha value is -0.870. The zero-order valence-electron chi connectivity index (χ0n) is 15.2. The van der Waals surface area contributed by atoms with Crippen molar-refractivity contribution in [1.82, 2.24) is 0 Å². The fourth-order valence-electron chi connectivity index (χ4n) is 6.19. The number of rotatable bonds is 3. The Bertz CT molecular complexity index is 679. The van der Waals surface area contributed by atoms with E-state index in [1.165, 1.54) is 5.57 Å². The molecular weight excluding hydrogens is 332 g/mol. The maximum Gasteiger partial charge on any atom is 0.155 e. The van der Waals surface area contributed by atoms with E-state index in [0.717, 1.165) is 37.0 Å². The molecule has 0 bridgehead atoms. The maximum absolute atomic E-state index is 12.5. The van der Waals surface area contributed by atoms with Gasteiger partial charge in [0.2, 0.25) is 0 Å². The topological polar surface area (TPSA) is 54.4 Å². The van der Waals surface area contributed by atoms with E-state index in [0.29, 0.717) is 36.9 Å². The second-order valence-corrected chi connectivity index (χ2v) is 9.58. The molecule has 0 aromatic heterocycles. The number of thioether (sulfide) groups is 1. The largest absolute Gasteiger partial charge is 0.389 e. The summed E-state index contributed by atoms with van der Waals surface area (Å²) in [5.74, 6) is 2.25. The quantitative estimate of drug-likeness (QED) is 0.780. The van der Waals surface area contributed by atoms with Crippen LogP contribution in [-0.4, -0.2) is 34.8 Å². The predicted molar refractivity (Wildman–Crippen MR) is 100 cm³/mol. The van der Waals surface area contributed by atoms with E-state index in [1.54, 1.807) is 6.08 Å². The minimum atomic E-state index is -0.536. The average Bonchev–Trinajstić information content (AvgIpc) is 2.90. The van der Waals surface area contributed by atoms with Crippen molar-refractivity contribution in [3.05, 3.63) is 23.3 Å². The Labute approximate surface area is 154 Å². The number of Topliss-reactive ketones (excluding diaryl/α,β-unsaturated/α-hetero) is 1. The second kappa shape index (κ2) is 6.09. The molecule has 0 aromatic carbocycles. The zero-order valence-corrected chi connectivity index (χ0v) is 16.0. The number of fused-ring (bicyclic) bond motifs is 5. The number of hydrogen-bond donors (Lipinski definition) is 1. The molecule has 0 aliphatic heterocycles. The number of hydrogen-bond acceptors (Lipinski definition) is 4. The van der Waals surface area contributed by atoms with E-state index in [1.807, 2.05) is 11.8 Å². The van der Waals surface area contributed by atoms with E-state index in [2.05, 4.69) is 19.3 Å². The third kappa shape index (κ3) is 2.43. The highest BCUT2D eigenvalue weighted by Crippen LogP contribution is 2.63. The van der Waals surface area contributed by atoms with Gasteiger partial charge in [0.1, 0.15) is 5.78 Å². The maximum atomic E-state index is 12.5. The number of allylic oxidation sites excluding steroid dienone is 3. The number of ketones is 2.